The van der Waals surface area contributed by atoms with E-state index in [9.17, 15) is 13.7 Å². The van der Waals surface area contributed by atoms with Gasteiger partial charge in [-0.25, -0.2) is 8.42 Å². The van der Waals surface area contributed by atoms with E-state index in [0.29, 0.717) is 17.9 Å². The molecule has 130 valence electrons. The zero-order valence-corrected chi connectivity index (χ0v) is 15.7. The van der Waals surface area contributed by atoms with Gasteiger partial charge in [-0.2, -0.15) is 5.26 Å². The number of ether oxygens (including phenoxy) is 1. The van der Waals surface area contributed by atoms with Crippen molar-refractivity contribution in [2.24, 2.45) is 0 Å². The number of hydrogen-bond acceptors (Lipinski definition) is 4. The molecule has 0 aliphatic heterocycles. The monoisotopic (exact) mass is 395 g/mol. The molecule has 0 atom stereocenters. The van der Waals surface area contributed by atoms with Crippen LogP contribution in [-0.2, 0) is 9.84 Å². The molecule has 0 aliphatic rings. The van der Waals surface area contributed by atoms with Gasteiger partial charge in [-0.15, -0.1) is 0 Å². The Kier molecular flexibility index (Phi) is 6.49. The van der Waals surface area contributed by atoms with Crippen molar-refractivity contribution in [3.63, 3.8) is 0 Å². The molecule has 0 N–H and O–H groups in total. The Morgan fingerprint density at radius 2 is 1.88 bits per heavy atom. The Morgan fingerprint density at radius 1 is 1.20 bits per heavy atom. The van der Waals surface area contributed by atoms with Crippen LogP contribution in [0.15, 0.2) is 52.3 Å². The molecule has 2 aromatic rings. The summed E-state index contributed by atoms with van der Waals surface area (Å²) in [6, 6.07) is 12.6. The fourth-order valence-electron chi connectivity index (χ4n) is 2.00. The first-order valence-electron chi connectivity index (χ1n) is 7.43. The number of hydrogen-bond donors (Lipinski definition) is 0. The molecule has 2 aromatic carbocycles. The van der Waals surface area contributed by atoms with Crippen molar-refractivity contribution in [3.05, 3.63) is 63.0 Å². The van der Waals surface area contributed by atoms with E-state index in [1.807, 2.05) is 6.92 Å². The molecule has 0 bridgehead atoms. The number of sulfone groups is 1. The van der Waals surface area contributed by atoms with Crippen molar-refractivity contribution in [3.8, 4) is 11.8 Å². The van der Waals surface area contributed by atoms with Crippen LogP contribution in [0.5, 0.6) is 5.75 Å². The number of rotatable bonds is 6. The summed E-state index contributed by atoms with van der Waals surface area (Å²) >= 11 is 11.8. The lowest BCUT2D eigenvalue weighted by atomic mass is 10.2. The SMILES string of the molecule is CCCOc1ccc(/C=C(\C#N)S(=O)(=O)c2cc(Cl)ccc2Cl)cc1. The molecule has 0 aliphatic carbocycles. The van der Waals surface area contributed by atoms with Crippen LogP contribution in [0.1, 0.15) is 18.9 Å². The van der Waals surface area contributed by atoms with Crippen molar-refractivity contribution < 1.29 is 13.2 Å². The topological polar surface area (TPSA) is 67.2 Å². The minimum Gasteiger partial charge on any atom is -0.494 e. The Hall–Kier alpha value is -2.00. The van der Waals surface area contributed by atoms with Gasteiger partial charge in [-0.3, -0.25) is 0 Å². The second-order valence-electron chi connectivity index (χ2n) is 5.12. The average Bonchev–Trinajstić information content (AvgIpc) is 2.60. The second kappa shape index (κ2) is 8.39. The van der Waals surface area contributed by atoms with Crippen molar-refractivity contribution >= 4 is 39.1 Å². The average molecular weight is 396 g/mol. The van der Waals surface area contributed by atoms with Crippen LogP contribution in [0.2, 0.25) is 10.0 Å². The molecule has 0 fully saturated rings. The van der Waals surface area contributed by atoms with Crippen LogP contribution in [-0.4, -0.2) is 15.0 Å². The smallest absolute Gasteiger partial charge is 0.218 e. The maximum atomic E-state index is 12.7. The van der Waals surface area contributed by atoms with E-state index in [1.54, 1.807) is 30.3 Å². The van der Waals surface area contributed by atoms with Gasteiger partial charge in [0.05, 0.1) is 16.5 Å². The molecule has 7 heteroatoms. The highest BCUT2D eigenvalue weighted by Crippen LogP contribution is 2.30. The zero-order valence-electron chi connectivity index (χ0n) is 13.4. The quantitative estimate of drug-likeness (QED) is 0.636. The van der Waals surface area contributed by atoms with Gasteiger partial charge in [0.25, 0.3) is 0 Å². The molecule has 0 aromatic heterocycles. The predicted molar refractivity (Wildman–Crippen MR) is 99.5 cm³/mol. The first-order chi connectivity index (χ1) is 11.9. The summed E-state index contributed by atoms with van der Waals surface area (Å²) in [5, 5.41) is 9.55. The molecule has 0 heterocycles. The number of benzene rings is 2. The van der Waals surface area contributed by atoms with Gasteiger partial charge < -0.3 is 4.74 Å². The normalized spacial score (nSPS) is 11.8. The minimum absolute atomic E-state index is 0.00821. The van der Waals surface area contributed by atoms with Crippen LogP contribution < -0.4 is 4.74 Å². The van der Waals surface area contributed by atoms with Crippen molar-refractivity contribution in [2.45, 2.75) is 18.2 Å². The molecule has 4 nitrogen and oxygen atoms in total. The van der Waals surface area contributed by atoms with Crippen LogP contribution in [0.4, 0.5) is 0 Å². The molecule has 0 amide bonds. The van der Waals surface area contributed by atoms with Gasteiger partial charge in [0.1, 0.15) is 16.7 Å². The van der Waals surface area contributed by atoms with E-state index >= 15 is 0 Å². The zero-order chi connectivity index (χ0) is 18.4. The van der Waals surface area contributed by atoms with Crippen molar-refractivity contribution in [2.75, 3.05) is 6.61 Å². The summed E-state index contributed by atoms with van der Waals surface area (Å²) < 4.78 is 30.9. The maximum Gasteiger partial charge on any atom is 0.218 e. The highest BCUT2D eigenvalue weighted by molar-refractivity contribution is 7.95. The minimum atomic E-state index is -4.07. The van der Waals surface area contributed by atoms with Gasteiger partial charge >= 0.3 is 0 Å². The molecular weight excluding hydrogens is 381 g/mol. The number of nitriles is 1. The molecule has 25 heavy (non-hydrogen) atoms. The van der Waals surface area contributed by atoms with E-state index < -0.39 is 14.7 Å². The molecule has 0 saturated heterocycles. The standard InChI is InChI=1S/C18H15Cl2NO3S/c1-2-9-24-15-6-3-13(4-7-15)10-16(12-21)25(22,23)18-11-14(19)5-8-17(18)20/h3-8,10-11H,2,9H2,1H3/b16-10+. The number of allylic oxidation sites excluding steroid dienone is 1. The van der Waals surface area contributed by atoms with Crippen LogP contribution in [0.3, 0.4) is 0 Å². The molecule has 0 spiro atoms. The highest BCUT2D eigenvalue weighted by Gasteiger charge is 2.24. The van der Waals surface area contributed by atoms with Gasteiger partial charge in [0.2, 0.25) is 9.84 Å². The summed E-state index contributed by atoms with van der Waals surface area (Å²) in [5.74, 6) is 0.679. The lowest BCUT2D eigenvalue weighted by Crippen LogP contribution is -2.04. The summed E-state index contributed by atoms with van der Waals surface area (Å²) in [4.78, 5) is -0.615. The first kappa shape index (κ1) is 19.3. The van der Waals surface area contributed by atoms with E-state index in [4.69, 9.17) is 27.9 Å². The van der Waals surface area contributed by atoms with Crippen molar-refractivity contribution in [1.82, 2.24) is 0 Å². The Balaban J connectivity index is 2.39. The molecule has 0 saturated carbocycles. The highest BCUT2D eigenvalue weighted by atomic mass is 35.5. The number of halogens is 2. The summed E-state index contributed by atoms with van der Waals surface area (Å²) in [5.41, 5.74) is 0.558. The summed E-state index contributed by atoms with van der Waals surface area (Å²) in [6.45, 7) is 2.60. The Bertz CT molecular complexity index is 930. The summed E-state index contributed by atoms with van der Waals surface area (Å²) in [7, 11) is -4.07. The van der Waals surface area contributed by atoms with Gasteiger partial charge in [0.15, 0.2) is 0 Å². The fraction of sp³-hybridized carbons (Fsp3) is 0.167. The Morgan fingerprint density at radius 3 is 2.48 bits per heavy atom. The number of nitrogens with zero attached hydrogens (tertiary/aromatic N) is 1. The van der Waals surface area contributed by atoms with E-state index in [0.717, 1.165) is 6.42 Å². The second-order valence-corrected chi connectivity index (χ2v) is 7.85. The van der Waals surface area contributed by atoms with Gasteiger partial charge in [-0.1, -0.05) is 42.3 Å². The summed E-state index contributed by atoms with van der Waals surface area (Å²) in [6.07, 6.45) is 2.18. The lowest BCUT2D eigenvalue weighted by molar-refractivity contribution is 0.317. The third-order valence-electron chi connectivity index (χ3n) is 3.23. The fourth-order valence-corrected chi connectivity index (χ4v) is 3.92. The van der Waals surface area contributed by atoms with E-state index in [1.165, 1.54) is 24.3 Å². The van der Waals surface area contributed by atoms with Gasteiger partial charge in [-0.05, 0) is 48.4 Å². The van der Waals surface area contributed by atoms with Gasteiger partial charge in [0, 0.05) is 5.02 Å². The molecule has 2 rings (SSSR count). The van der Waals surface area contributed by atoms with Crippen LogP contribution in [0.25, 0.3) is 6.08 Å². The lowest BCUT2D eigenvalue weighted by Gasteiger charge is -2.07. The molecule has 0 radical (unpaired) electrons. The maximum absolute atomic E-state index is 12.7. The van der Waals surface area contributed by atoms with Crippen molar-refractivity contribution in [1.29, 1.82) is 5.26 Å². The third-order valence-corrected chi connectivity index (χ3v) is 5.61. The van der Waals surface area contributed by atoms with Crippen LogP contribution >= 0.6 is 23.2 Å². The predicted octanol–water partition coefficient (Wildman–Crippen LogP) is 5.12. The molecular formula is C18H15Cl2NO3S. The first-order valence-corrected chi connectivity index (χ1v) is 9.67. The van der Waals surface area contributed by atoms with E-state index in [-0.39, 0.29) is 14.9 Å². The molecule has 0 unspecified atom stereocenters. The van der Waals surface area contributed by atoms with E-state index in [2.05, 4.69) is 0 Å². The third kappa shape index (κ3) is 4.76. The Labute approximate surface area is 157 Å². The van der Waals surface area contributed by atoms with Crippen LogP contribution in [0, 0.1) is 11.3 Å². The largest absolute Gasteiger partial charge is 0.494 e.